The van der Waals surface area contributed by atoms with Crippen molar-refractivity contribution in [1.29, 1.82) is 0 Å². The molecule has 0 unspecified atom stereocenters. The van der Waals surface area contributed by atoms with E-state index in [0.29, 0.717) is 0 Å². The smallest absolute Gasteiger partial charge is 0.355 e. The summed E-state index contributed by atoms with van der Waals surface area (Å²) in [5.74, 6) is 0. The molecule has 1 aromatic carbocycles. The largest absolute Gasteiger partial charge is 1.00 e. The predicted octanol–water partition coefficient (Wildman–Crippen LogP) is 6.79. The number of hydrogen-bond donors (Lipinski definition) is 2. The molecular weight excluding hydrogens is 467 g/mol. The maximum Gasteiger partial charge on any atom is 1.00 e. The fourth-order valence-electron chi connectivity index (χ4n) is 3.31. The molecule has 0 atom stereocenters. The van der Waals surface area contributed by atoms with E-state index < -0.39 is 0 Å². The molecule has 2 aliphatic heterocycles. The Labute approximate surface area is 201 Å². The van der Waals surface area contributed by atoms with Crippen molar-refractivity contribution in [1.82, 2.24) is 19.9 Å². The summed E-state index contributed by atoms with van der Waals surface area (Å²) in [6, 6.07) is 26.4. The summed E-state index contributed by atoms with van der Waals surface area (Å²) in [6.07, 6.45) is 8.05. The minimum absolute atomic E-state index is 0. The third kappa shape index (κ3) is 5.45. The van der Waals surface area contributed by atoms with Crippen LogP contribution in [-0.4, -0.2) is 19.9 Å². The van der Waals surface area contributed by atoms with Crippen molar-refractivity contribution < 1.29 is 17.1 Å². The van der Waals surface area contributed by atoms with Crippen molar-refractivity contribution >= 4 is 58.0 Å². The number of halogens is 1. The third-order valence-corrected chi connectivity index (χ3v) is 4.97. The second kappa shape index (κ2) is 9.84. The summed E-state index contributed by atoms with van der Waals surface area (Å²) >= 11 is 5.52. The molecule has 3 aromatic heterocycles. The first-order chi connectivity index (χ1) is 15.2. The molecule has 5 heterocycles. The van der Waals surface area contributed by atoms with Gasteiger partial charge in [-0.05, 0) is 72.8 Å². The number of benzene rings is 1. The number of fused-ring (bicyclic) bond motifs is 8. The van der Waals surface area contributed by atoms with Gasteiger partial charge in [-0.15, -0.1) is 11.6 Å². The van der Waals surface area contributed by atoms with Crippen LogP contribution >= 0.6 is 11.6 Å². The van der Waals surface area contributed by atoms with Gasteiger partial charge in [-0.25, -0.2) is 9.97 Å². The topological polar surface area (TPSA) is 57.4 Å². The molecule has 0 saturated heterocycles. The minimum Gasteiger partial charge on any atom is -0.355 e. The van der Waals surface area contributed by atoms with Gasteiger partial charge in [0.05, 0.1) is 22.8 Å². The molecule has 32 heavy (non-hydrogen) atoms. The van der Waals surface area contributed by atoms with Crippen LogP contribution in [0, 0.1) is 6.07 Å². The first-order valence-corrected chi connectivity index (χ1v) is 10.2. The van der Waals surface area contributed by atoms with Gasteiger partial charge in [-0.1, -0.05) is 5.02 Å². The summed E-state index contributed by atoms with van der Waals surface area (Å²) in [5.41, 5.74) is 7.86. The Morgan fingerprint density at radius 2 is 0.969 bits per heavy atom. The molecule has 0 aliphatic carbocycles. The molecule has 8 bridgehead atoms. The van der Waals surface area contributed by atoms with Crippen LogP contribution in [0.4, 0.5) is 0 Å². The normalized spacial score (nSPS) is 11.4. The van der Waals surface area contributed by atoms with Gasteiger partial charge in [-0.2, -0.15) is 30.3 Å². The van der Waals surface area contributed by atoms with Crippen LogP contribution in [0.5, 0.6) is 0 Å². The molecule has 0 radical (unpaired) electrons. The first-order valence-electron chi connectivity index (χ1n) is 9.86. The quantitative estimate of drug-likeness (QED) is 0.184. The fourth-order valence-corrected chi connectivity index (χ4v) is 3.44. The first kappa shape index (κ1) is 21.8. The molecule has 4 nitrogen and oxygen atoms in total. The SMILES string of the molecule is C1=Cc2cc3ccc(cc4ccc(cc5nc(cc1n2)C=C5)[nH]4)[nH]3.Clc1cc[c-]cc1.[Cu+]. The standard InChI is InChI=1S/C20H14N4.C6H4Cl.Cu/c1-2-14-10-16-5-6-18(23-16)12-20-8-7-19(24-20)11-17-4-3-15(22-17)9-13(1)21-14;7-6-4-2-1-3-5-6;/h1-12,21-22H;2-5H;/q;-1;+1. The predicted molar refractivity (Wildman–Crippen MR) is 129 cm³/mol. The van der Waals surface area contributed by atoms with Gasteiger partial charge in [0.2, 0.25) is 0 Å². The Kier molecular flexibility index (Phi) is 6.72. The minimum atomic E-state index is 0. The van der Waals surface area contributed by atoms with Crippen molar-refractivity contribution in [3.8, 4) is 0 Å². The monoisotopic (exact) mass is 484 g/mol. The van der Waals surface area contributed by atoms with Crippen molar-refractivity contribution in [3.05, 3.63) is 107 Å². The van der Waals surface area contributed by atoms with Crippen LogP contribution in [0.2, 0.25) is 5.02 Å². The Morgan fingerprint density at radius 1 is 0.562 bits per heavy atom. The molecule has 0 fully saturated rings. The maximum absolute atomic E-state index is 5.52. The average molecular weight is 485 g/mol. The van der Waals surface area contributed by atoms with E-state index in [0.717, 1.165) is 49.9 Å². The van der Waals surface area contributed by atoms with Crippen molar-refractivity contribution in [3.63, 3.8) is 0 Å². The molecule has 0 amide bonds. The van der Waals surface area contributed by atoms with Crippen LogP contribution < -0.4 is 0 Å². The van der Waals surface area contributed by atoms with E-state index in [1.807, 2.05) is 42.5 Å². The number of nitrogens with one attached hydrogen (secondary N) is 2. The molecular formula is C26H18ClCuN4. The van der Waals surface area contributed by atoms with Gasteiger partial charge in [0.15, 0.2) is 0 Å². The van der Waals surface area contributed by atoms with Crippen molar-refractivity contribution in [2.75, 3.05) is 0 Å². The summed E-state index contributed by atoms with van der Waals surface area (Å²) < 4.78 is 0. The summed E-state index contributed by atoms with van der Waals surface area (Å²) in [6.45, 7) is 0. The van der Waals surface area contributed by atoms with Gasteiger partial charge in [-0.3, -0.25) is 0 Å². The zero-order valence-electron chi connectivity index (χ0n) is 16.8. The van der Waals surface area contributed by atoms with Gasteiger partial charge in [0, 0.05) is 22.1 Å². The zero-order valence-corrected chi connectivity index (χ0v) is 18.5. The number of H-pyrrole nitrogens is 2. The number of nitrogens with zero attached hydrogens (tertiary/aromatic N) is 2. The zero-order chi connectivity index (χ0) is 21.0. The van der Waals surface area contributed by atoms with E-state index in [-0.39, 0.29) is 17.1 Å². The van der Waals surface area contributed by atoms with Crippen LogP contribution in [0.1, 0.15) is 22.8 Å². The molecule has 0 spiro atoms. The second-order valence-electron chi connectivity index (χ2n) is 7.12. The molecule has 0 saturated carbocycles. The van der Waals surface area contributed by atoms with Crippen LogP contribution in [-0.2, 0) is 17.1 Å². The van der Waals surface area contributed by atoms with E-state index in [9.17, 15) is 0 Å². The molecule has 160 valence electrons. The summed E-state index contributed by atoms with van der Waals surface area (Å²) in [4.78, 5) is 16.0. The Hall–Kier alpha value is -3.37. The van der Waals surface area contributed by atoms with E-state index in [1.54, 1.807) is 24.3 Å². The van der Waals surface area contributed by atoms with Crippen molar-refractivity contribution in [2.45, 2.75) is 0 Å². The number of aromatic amines is 2. The molecule has 6 rings (SSSR count). The van der Waals surface area contributed by atoms with Crippen molar-refractivity contribution in [2.24, 2.45) is 0 Å². The van der Waals surface area contributed by atoms with Crippen LogP contribution in [0.3, 0.4) is 0 Å². The van der Waals surface area contributed by atoms with Crippen LogP contribution in [0.15, 0.2) is 72.8 Å². The van der Waals surface area contributed by atoms with Gasteiger partial charge in [0.25, 0.3) is 0 Å². The molecule has 2 aliphatic rings. The van der Waals surface area contributed by atoms with E-state index >= 15 is 0 Å². The average Bonchev–Trinajstić information content (AvgIpc) is 3.55. The Morgan fingerprint density at radius 3 is 1.38 bits per heavy atom. The van der Waals surface area contributed by atoms with E-state index in [1.165, 1.54) is 0 Å². The molecule has 6 heteroatoms. The second-order valence-corrected chi connectivity index (χ2v) is 7.56. The Bertz CT molecular complexity index is 1360. The fraction of sp³-hybridized carbons (Fsp3) is 0. The van der Waals surface area contributed by atoms with E-state index in [2.05, 4.69) is 56.3 Å². The number of rotatable bonds is 0. The number of hydrogen-bond acceptors (Lipinski definition) is 2. The maximum atomic E-state index is 5.52. The molecule has 4 aromatic rings. The van der Waals surface area contributed by atoms with Crippen LogP contribution in [0.25, 0.3) is 46.4 Å². The number of aromatic nitrogens is 4. The van der Waals surface area contributed by atoms with Gasteiger partial charge >= 0.3 is 17.1 Å². The van der Waals surface area contributed by atoms with Gasteiger partial charge in [0.1, 0.15) is 0 Å². The van der Waals surface area contributed by atoms with E-state index in [4.69, 9.17) is 11.6 Å². The Balaban J connectivity index is 0.000000265. The summed E-state index contributed by atoms with van der Waals surface area (Å²) in [7, 11) is 0. The summed E-state index contributed by atoms with van der Waals surface area (Å²) in [5, 5.41) is 0.763. The molecule has 2 N–H and O–H groups in total. The third-order valence-electron chi connectivity index (χ3n) is 4.72. The van der Waals surface area contributed by atoms with Gasteiger partial charge < -0.3 is 9.97 Å².